The van der Waals surface area contributed by atoms with Crippen LogP contribution in [0.15, 0.2) is 0 Å². The van der Waals surface area contributed by atoms with Gasteiger partial charge in [0, 0.05) is 7.05 Å². The molecule has 1 heterocycles. The number of halogens is 3. The van der Waals surface area contributed by atoms with Gasteiger partial charge in [-0.3, -0.25) is 0 Å². The third-order valence-electron chi connectivity index (χ3n) is 1.99. The summed E-state index contributed by atoms with van der Waals surface area (Å²) in [4.78, 5) is 5.74. The number of hydrogen-bond donors (Lipinski definition) is 1. The predicted octanol–water partition coefficient (Wildman–Crippen LogP) is 2.20. The van der Waals surface area contributed by atoms with E-state index in [4.69, 9.17) is 5.11 Å². The van der Waals surface area contributed by atoms with Crippen molar-refractivity contribution in [2.45, 2.75) is 26.1 Å². The number of nitrogens with zero attached hydrogens (tertiary/aromatic N) is 2. The van der Waals surface area contributed by atoms with Gasteiger partial charge in [0.2, 0.25) is 0 Å². The Morgan fingerprint density at radius 1 is 1.44 bits per heavy atom. The highest BCUT2D eigenvalue weighted by Crippen LogP contribution is 2.28. The lowest BCUT2D eigenvalue weighted by molar-refractivity contribution is -0.119. The molecule has 0 saturated carbocycles. The summed E-state index contributed by atoms with van der Waals surface area (Å²) in [6.45, 7) is 0.636. The minimum Gasteiger partial charge on any atom is -0.391 e. The summed E-state index contributed by atoms with van der Waals surface area (Å²) in [7, 11) is 1.34. The molecule has 1 rings (SSSR count). The molecule has 3 nitrogen and oxygen atoms in total. The number of anilines is 1. The summed E-state index contributed by atoms with van der Waals surface area (Å²) in [6.07, 6.45) is -3.64. The number of thiazole rings is 1. The van der Waals surface area contributed by atoms with E-state index in [1.807, 2.05) is 6.92 Å². The Labute approximate surface area is 95.5 Å². The fourth-order valence-electron chi connectivity index (χ4n) is 1.27. The Morgan fingerprint density at radius 3 is 2.44 bits per heavy atom. The molecule has 0 aliphatic rings. The first-order valence-electron chi connectivity index (χ1n) is 4.74. The van der Waals surface area contributed by atoms with Crippen molar-refractivity contribution >= 4 is 16.5 Å². The first kappa shape index (κ1) is 13.2. The molecule has 92 valence electrons. The van der Waals surface area contributed by atoms with E-state index in [2.05, 4.69) is 4.98 Å². The first-order valence-corrected chi connectivity index (χ1v) is 5.56. The van der Waals surface area contributed by atoms with E-state index in [-0.39, 0.29) is 6.61 Å². The van der Waals surface area contributed by atoms with E-state index in [0.29, 0.717) is 22.1 Å². The zero-order chi connectivity index (χ0) is 12.3. The summed E-state index contributed by atoms with van der Waals surface area (Å²) in [5.74, 6) is 0. The second-order valence-corrected chi connectivity index (χ2v) is 4.41. The fraction of sp³-hybridized carbons (Fsp3) is 0.667. The third kappa shape index (κ3) is 3.34. The molecule has 1 N–H and O–H groups in total. The van der Waals surface area contributed by atoms with Crippen LogP contribution in [0.5, 0.6) is 0 Å². The summed E-state index contributed by atoms with van der Waals surface area (Å²) < 4.78 is 36.4. The smallest absolute Gasteiger partial charge is 0.391 e. The molecule has 1 aromatic rings. The Morgan fingerprint density at radius 2 is 2.06 bits per heavy atom. The van der Waals surface area contributed by atoms with Crippen LogP contribution in [-0.2, 0) is 13.0 Å². The Hall–Kier alpha value is -0.820. The van der Waals surface area contributed by atoms with Crippen LogP contribution < -0.4 is 4.90 Å². The van der Waals surface area contributed by atoms with E-state index in [0.717, 1.165) is 16.2 Å². The summed E-state index contributed by atoms with van der Waals surface area (Å²) in [6, 6.07) is 0. The van der Waals surface area contributed by atoms with Gasteiger partial charge in [0.1, 0.15) is 6.54 Å². The maximum Gasteiger partial charge on any atom is 0.405 e. The number of hydrogen-bond acceptors (Lipinski definition) is 4. The minimum absolute atomic E-state index is 0.180. The van der Waals surface area contributed by atoms with Crippen molar-refractivity contribution in [3.05, 3.63) is 10.6 Å². The third-order valence-corrected chi connectivity index (χ3v) is 3.19. The summed E-state index contributed by atoms with van der Waals surface area (Å²) in [5.41, 5.74) is 0.663. The van der Waals surface area contributed by atoms with Gasteiger partial charge in [-0.25, -0.2) is 4.98 Å². The van der Waals surface area contributed by atoms with Gasteiger partial charge in [-0.15, -0.1) is 0 Å². The molecule has 0 unspecified atom stereocenters. The largest absolute Gasteiger partial charge is 0.405 e. The van der Waals surface area contributed by atoms with Crippen molar-refractivity contribution in [1.82, 2.24) is 4.98 Å². The predicted molar refractivity (Wildman–Crippen MR) is 56.7 cm³/mol. The van der Waals surface area contributed by atoms with Gasteiger partial charge in [0.15, 0.2) is 5.13 Å². The normalized spacial score (nSPS) is 11.9. The highest BCUT2D eigenvalue weighted by molar-refractivity contribution is 7.15. The monoisotopic (exact) mass is 254 g/mol. The van der Waals surface area contributed by atoms with Crippen LogP contribution in [0.1, 0.15) is 17.5 Å². The number of rotatable bonds is 4. The minimum atomic E-state index is -4.24. The molecular formula is C9H13F3N2OS. The van der Waals surface area contributed by atoms with Gasteiger partial charge < -0.3 is 10.0 Å². The van der Waals surface area contributed by atoms with Crippen LogP contribution in [-0.4, -0.2) is 29.9 Å². The second-order valence-electron chi connectivity index (χ2n) is 3.35. The van der Waals surface area contributed by atoms with E-state index >= 15 is 0 Å². The number of alkyl halides is 3. The molecule has 0 aliphatic heterocycles. The molecule has 1 aromatic heterocycles. The van der Waals surface area contributed by atoms with Crippen molar-refractivity contribution in [3.8, 4) is 0 Å². The summed E-state index contributed by atoms with van der Waals surface area (Å²) >= 11 is 1.10. The van der Waals surface area contributed by atoms with E-state index in [1.54, 1.807) is 0 Å². The molecule has 0 amide bonds. The SMILES string of the molecule is CCc1nc(N(C)CC(F)(F)F)sc1CO. The van der Waals surface area contributed by atoms with Gasteiger partial charge >= 0.3 is 6.18 Å². The highest BCUT2D eigenvalue weighted by atomic mass is 32.1. The van der Waals surface area contributed by atoms with Crippen molar-refractivity contribution in [3.63, 3.8) is 0 Å². The molecule has 0 bridgehead atoms. The number of aliphatic hydroxyl groups is 1. The van der Waals surface area contributed by atoms with Gasteiger partial charge in [-0.05, 0) is 6.42 Å². The van der Waals surface area contributed by atoms with E-state index in [9.17, 15) is 13.2 Å². The van der Waals surface area contributed by atoms with Gasteiger partial charge in [-0.1, -0.05) is 18.3 Å². The Balaban J connectivity index is 2.83. The molecule has 7 heteroatoms. The molecule has 0 saturated heterocycles. The number of aryl methyl sites for hydroxylation is 1. The average Bonchev–Trinajstić information content (AvgIpc) is 2.57. The van der Waals surface area contributed by atoms with Crippen molar-refractivity contribution in [2.75, 3.05) is 18.5 Å². The van der Waals surface area contributed by atoms with Crippen LogP contribution in [0.4, 0.5) is 18.3 Å². The lowest BCUT2D eigenvalue weighted by Crippen LogP contribution is -2.30. The maximum atomic E-state index is 12.1. The topological polar surface area (TPSA) is 36.4 Å². The quantitative estimate of drug-likeness (QED) is 0.894. The number of aromatic nitrogens is 1. The zero-order valence-corrected chi connectivity index (χ0v) is 9.82. The van der Waals surface area contributed by atoms with E-state index < -0.39 is 12.7 Å². The Kier molecular flexibility index (Phi) is 4.15. The van der Waals surface area contributed by atoms with Crippen LogP contribution in [0.25, 0.3) is 0 Å². The van der Waals surface area contributed by atoms with Crippen molar-refractivity contribution < 1.29 is 18.3 Å². The molecule has 0 aliphatic carbocycles. The van der Waals surface area contributed by atoms with Crippen LogP contribution in [0.2, 0.25) is 0 Å². The molecule has 0 radical (unpaired) electrons. The standard InChI is InChI=1S/C9H13F3N2OS/c1-3-6-7(4-15)16-8(13-6)14(2)5-9(10,11)12/h15H,3-5H2,1-2H3. The lowest BCUT2D eigenvalue weighted by atomic mass is 10.3. The summed E-state index contributed by atoms with van der Waals surface area (Å²) in [5, 5.41) is 9.30. The van der Waals surface area contributed by atoms with Crippen LogP contribution >= 0.6 is 11.3 Å². The van der Waals surface area contributed by atoms with E-state index in [1.165, 1.54) is 7.05 Å². The molecule has 0 aromatic carbocycles. The molecule has 0 spiro atoms. The fourth-order valence-corrected chi connectivity index (χ4v) is 2.24. The van der Waals surface area contributed by atoms with Crippen LogP contribution in [0, 0.1) is 0 Å². The molecular weight excluding hydrogens is 241 g/mol. The second kappa shape index (κ2) is 5.01. The van der Waals surface area contributed by atoms with Gasteiger partial charge in [-0.2, -0.15) is 13.2 Å². The molecule has 16 heavy (non-hydrogen) atoms. The Bertz CT molecular complexity index is 330. The van der Waals surface area contributed by atoms with Crippen molar-refractivity contribution in [1.29, 1.82) is 0 Å². The van der Waals surface area contributed by atoms with Gasteiger partial charge in [0.05, 0.1) is 17.2 Å². The first-order chi connectivity index (χ1) is 7.37. The molecule has 0 atom stereocenters. The number of aliphatic hydroxyl groups excluding tert-OH is 1. The zero-order valence-electron chi connectivity index (χ0n) is 9.01. The van der Waals surface area contributed by atoms with Crippen LogP contribution in [0.3, 0.4) is 0 Å². The highest BCUT2D eigenvalue weighted by Gasteiger charge is 2.30. The maximum absolute atomic E-state index is 12.1. The average molecular weight is 254 g/mol. The van der Waals surface area contributed by atoms with Crippen molar-refractivity contribution in [2.24, 2.45) is 0 Å². The lowest BCUT2D eigenvalue weighted by Gasteiger charge is -2.17. The molecule has 0 fully saturated rings. The van der Waals surface area contributed by atoms with Gasteiger partial charge in [0.25, 0.3) is 0 Å².